The molecule has 1 saturated heterocycles. The van der Waals surface area contributed by atoms with Crippen LogP contribution < -0.4 is 0 Å². The van der Waals surface area contributed by atoms with Crippen LogP contribution in [0.4, 0.5) is 0 Å². The summed E-state index contributed by atoms with van der Waals surface area (Å²) in [6.45, 7) is 5.58. The van der Waals surface area contributed by atoms with Gasteiger partial charge in [-0.2, -0.15) is 0 Å². The predicted molar refractivity (Wildman–Crippen MR) is 81.6 cm³/mol. The second-order valence-corrected chi connectivity index (χ2v) is 6.48. The lowest BCUT2D eigenvalue weighted by Gasteiger charge is -2.35. The van der Waals surface area contributed by atoms with E-state index >= 15 is 0 Å². The molecule has 5 nitrogen and oxygen atoms in total. The Balaban J connectivity index is 1.93. The van der Waals surface area contributed by atoms with Crippen molar-refractivity contribution in [3.8, 4) is 0 Å². The van der Waals surface area contributed by atoms with E-state index in [1.165, 1.54) is 11.3 Å². The van der Waals surface area contributed by atoms with Gasteiger partial charge >= 0.3 is 0 Å². The van der Waals surface area contributed by atoms with Gasteiger partial charge in [-0.3, -0.25) is 4.79 Å². The van der Waals surface area contributed by atoms with Gasteiger partial charge in [-0.05, 0) is 26.0 Å². The summed E-state index contributed by atoms with van der Waals surface area (Å²) >= 11 is 1.47. The minimum absolute atomic E-state index is 0.0342. The quantitative estimate of drug-likeness (QED) is 0.855. The van der Waals surface area contributed by atoms with E-state index < -0.39 is 0 Å². The molecule has 1 fully saturated rings. The molecule has 21 heavy (non-hydrogen) atoms. The van der Waals surface area contributed by atoms with Crippen molar-refractivity contribution < 1.29 is 9.53 Å². The highest BCUT2D eigenvalue weighted by Gasteiger charge is 2.32. The number of nitrogens with zero attached hydrogens (tertiary/aromatic N) is 3. The van der Waals surface area contributed by atoms with Crippen molar-refractivity contribution in [1.82, 2.24) is 14.5 Å². The molecule has 0 aromatic carbocycles. The molecular formula is C15H19N3O2S. The third-order valence-corrected chi connectivity index (χ3v) is 4.87. The number of hydrogen-bond donors (Lipinski definition) is 0. The number of morpholine rings is 1. The minimum Gasteiger partial charge on any atom is -0.377 e. The second-order valence-electron chi connectivity index (χ2n) is 5.28. The van der Waals surface area contributed by atoms with Crippen molar-refractivity contribution in [2.45, 2.75) is 19.9 Å². The van der Waals surface area contributed by atoms with Crippen LogP contribution in [-0.2, 0) is 11.8 Å². The molecular weight excluding hydrogens is 286 g/mol. The Morgan fingerprint density at radius 2 is 2.29 bits per heavy atom. The topological polar surface area (TPSA) is 47.4 Å². The highest BCUT2D eigenvalue weighted by molar-refractivity contribution is 7.13. The van der Waals surface area contributed by atoms with Crippen molar-refractivity contribution in [1.29, 1.82) is 0 Å². The molecule has 0 aliphatic carbocycles. The molecule has 0 bridgehead atoms. The maximum Gasteiger partial charge on any atom is 0.266 e. The Morgan fingerprint density at radius 3 is 2.90 bits per heavy atom. The molecule has 1 aliphatic heterocycles. The summed E-state index contributed by atoms with van der Waals surface area (Å²) in [5.74, 6) is 0.0626. The smallest absolute Gasteiger partial charge is 0.266 e. The average molecular weight is 305 g/mol. The maximum absolute atomic E-state index is 12.9. The SMILES string of the molecule is Cc1nc(C)c(C(=O)N2CCOC[C@H]2c2cccn2C)s1. The standard InChI is InChI=1S/C15H19N3O2S/c1-10-14(21-11(2)16-10)15(19)18-7-8-20-9-13(18)12-5-4-6-17(12)3/h4-6,13H,7-9H2,1-3H3/t13-/m0/s1. The van der Waals surface area contributed by atoms with Gasteiger partial charge in [0.1, 0.15) is 4.88 Å². The number of hydrogen-bond acceptors (Lipinski definition) is 4. The van der Waals surface area contributed by atoms with Gasteiger partial charge in [-0.15, -0.1) is 11.3 Å². The van der Waals surface area contributed by atoms with Crippen molar-refractivity contribution in [3.63, 3.8) is 0 Å². The minimum atomic E-state index is -0.0342. The fraction of sp³-hybridized carbons (Fsp3) is 0.467. The molecule has 0 saturated carbocycles. The van der Waals surface area contributed by atoms with Crippen LogP contribution in [0.15, 0.2) is 18.3 Å². The van der Waals surface area contributed by atoms with Crippen LogP contribution in [-0.4, -0.2) is 40.1 Å². The van der Waals surface area contributed by atoms with E-state index in [2.05, 4.69) is 4.98 Å². The third-order valence-electron chi connectivity index (χ3n) is 3.81. The molecule has 0 spiro atoms. The van der Waals surface area contributed by atoms with E-state index in [1.807, 2.05) is 48.7 Å². The van der Waals surface area contributed by atoms with Crippen LogP contribution in [0.1, 0.15) is 32.1 Å². The van der Waals surface area contributed by atoms with Gasteiger partial charge in [0.15, 0.2) is 0 Å². The zero-order chi connectivity index (χ0) is 15.0. The molecule has 1 aliphatic rings. The van der Waals surface area contributed by atoms with E-state index in [1.54, 1.807) is 0 Å². The summed E-state index contributed by atoms with van der Waals surface area (Å²) in [7, 11) is 1.99. The molecule has 112 valence electrons. The molecule has 1 amide bonds. The molecule has 1 atom stereocenters. The number of amides is 1. The van der Waals surface area contributed by atoms with Crippen LogP contribution in [0.5, 0.6) is 0 Å². The maximum atomic E-state index is 12.9. The van der Waals surface area contributed by atoms with Crippen LogP contribution >= 0.6 is 11.3 Å². The van der Waals surface area contributed by atoms with E-state index in [4.69, 9.17) is 4.74 Å². The predicted octanol–water partition coefficient (Wildman–Crippen LogP) is 2.31. The highest BCUT2D eigenvalue weighted by atomic mass is 32.1. The molecule has 0 unspecified atom stereocenters. The lowest BCUT2D eigenvalue weighted by molar-refractivity contribution is -0.00442. The van der Waals surface area contributed by atoms with Gasteiger partial charge in [-0.1, -0.05) is 0 Å². The Bertz CT molecular complexity index is 662. The molecule has 0 radical (unpaired) electrons. The van der Waals surface area contributed by atoms with Gasteiger partial charge in [0, 0.05) is 25.5 Å². The van der Waals surface area contributed by atoms with Crippen molar-refractivity contribution in [2.75, 3.05) is 19.8 Å². The van der Waals surface area contributed by atoms with E-state index in [0.717, 1.165) is 21.3 Å². The van der Waals surface area contributed by atoms with Crippen LogP contribution in [0, 0.1) is 13.8 Å². The average Bonchev–Trinajstić information content (AvgIpc) is 3.03. The number of ether oxygens (including phenoxy) is 1. The summed E-state index contributed by atoms with van der Waals surface area (Å²) in [6.07, 6.45) is 1.99. The summed E-state index contributed by atoms with van der Waals surface area (Å²) in [4.78, 5) is 19.9. The van der Waals surface area contributed by atoms with Gasteiger partial charge in [0.05, 0.1) is 30.0 Å². The number of thiazole rings is 1. The van der Waals surface area contributed by atoms with Crippen molar-refractivity contribution in [3.05, 3.63) is 39.6 Å². The van der Waals surface area contributed by atoms with E-state index in [9.17, 15) is 4.79 Å². The number of rotatable bonds is 2. The summed E-state index contributed by atoms with van der Waals surface area (Å²) in [5.41, 5.74) is 1.92. The van der Waals surface area contributed by atoms with Crippen LogP contribution in [0.3, 0.4) is 0 Å². The zero-order valence-electron chi connectivity index (χ0n) is 12.5. The molecule has 3 heterocycles. The monoisotopic (exact) mass is 305 g/mol. The summed E-state index contributed by atoms with van der Waals surface area (Å²) < 4.78 is 7.64. The highest BCUT2D eigenvalue weighted by Crippen LogP contribution is 2.28. The van der Waals surface area contributed by atoms with Crippen molar-refractivity contribution >= 4 is 17.2 Å². The Morgan fingerprint density at radius 1 is 1.48 bits per heavy atom. The third kappa shape index (κ3) is 2.61. The molecule has 3 rings (SSSR count). The second kappa shape index (κ2) is 5.61. The first-order chi connectivity index (χ1) is 10.1. The lowest BCUT2D eigenvalue weighted by Crippen LogP contribution is -2.44. The first kappa shape index (κ1) is 14.3. The first-order valence-electron chi connectivity index (χ1n) is 7.02. The fourth-order valence-electron chi connectivity index (χ4n) is 2.77. The number of carbonyl (C=O) groups is 1. The summed E-state index contributed by atoms with van der Waals surface area (Å²) in [5, 5.41) is 0.930. The first-order valence-corrected chi connectivity index (χ1v) is 7.83. The van der Waals surface area contributed by atoms with E-state index in [-0.39, 0.29) is 11.9 Å². The number of aromatic nitrogens is 2. The zero-order valence-corrected chi connectivity index (χ0v) is 13.3. The van der Waals surface area contributed by atoms with E-state index in [0.29, 0.717) is 19.8 Å². The lowest BCUT2D eigenvalue weighted by atomic mass is 10.1. The molecule has 2 aromatic rings. The van der Waals surface area contributed by atoms with Gasteiger partial charge in [0.2, 0.25) is 0 Å². The molecule has 2 aromatic heterocycles. The van der Waals surface area contributed by atoms with Crippen molar-refractivity contribution in [2.24, 2.45) is 7.05 Å². The number of aryl methyl sites for hydroxylation is 3. The van der Waals surface area contributed by atoms with Gasteiger partial charge in [0.25, 0.3) is 5.91 Å². The molecule has 0 N–H and O–H groups in total. The Labute approximate surface area is 128 Å². The van der Waals surface area contributed by atoms with Gasteiger partial charge < -0.3 is 14.2 Å². The summed E-state index contributed by atoms with van der Waals surface area (Å²) in [6, 6.07) is 4.01. The largest absolute Gasteiger partial charge is 0.377 e. The van der Waals surface area contributed by atoms with Gasteiger partial charge in [-0.25, -0.2) is 4.98 Å². The fourth-order valence-corrected chi connectivity index (χ4v) is 3.65. The molecule has 6 heteroatoms. The number of carbonyl (C=O) groups excluding carboxylic acids is 1. The Hall–Kier alpha value is -1.66. The van der Waals surface area contributed by atoms with Crippen LogP contribution in [0.25, 0.3) is 0 Å². The Kier molecular flexibility index (Phi) is 3.82. The normalized spacial score (nSPS) is 19.0. The van der Waals surface area contributed by atoms with Crippen LogP contribution in [0.2, 0.25) is 0 Å².